The van der Waals surface area contributed by atoms with Gasteiger partial charge in [-0.25, -0.2) is 9.97 Å². The summed E-state index contributed by atoms with van der Waals surface area (Å²) in [6, 6.07) is 12.0. The number of benzene rings is 1. The third kappa shape index (κ3) is 3.69. The van der Waals surface area contributed by atoms with Gasteiger partial charge in [-0.2, -0.15) is 0 Å². The van der Waals surface area contributed by atoms with E-state index in [4.69, 9.17) is 9.72 Å². The lowest BCUT2D eigenvalue weighted by molar-refractivity contribution is -0.150. The Kier molecular flexibility index (Phi) is 5.84. The number of esters is 1. The highest BCUT2D eigenvalue weighted by molar-refractivity contribution is 5.85. The summed E-state index contributed by atoms with van der Waals surface area (Å²) in [5.74, 6) is -0.366. The molecular weight excluding hydrogens is 428 g/mol. The molecule has 0 aliphatic carbocycles. The summed E-state index contributed by atoms with van der Waals surface area (Å²) in [4.78, 5) is 34.4. The monoisotopic (exact) mass is 450 g/mol. The fourth-order valence-corrected chi connectivity index (χ4v) is 4.22. The Morgan fingerprint density at radius 2 is 2.06 bits per heavy atom. The highest BCUT2D eigenvalue weighted by Gasteiger charge is 2.27. The largest absolute Gasteiger partial charge is 0.456 e. The number of aromatic nitrogens is 4. The summed E-state index contributed by atoms with van der Waals surface area (Å²) in [5, 5.41) is 1.05. The number of hydrogen-bond acceptors (Lipinski definition) is 5. The molecule has 0 amide bonds. The first-order valence-corrected chi connectivity index (χ1v) is 10.3. The van der Waals surface area contributed by atoms with Gasteiger partial charge in [0, 0.05) is 34.5 Å². The minimum absolute atomic E-state index is 0. The lowest BCUT2D eigenvalue weighted by Gasteiger charge is -2.20. The average Bonchev–Trinajstić information content (AvgIpc) is 3.40. The molecule has 1 aliphatic heterocycles. The van der Waals surface area contributed by atoms with Crippen LogP contribution < -0.4 is 5.56 Å². The van der Waals surface area contributed by atoms with E-state index in [2.05, 4.69) is 11.1 Å². The maximum absolute atomic E-state index is 13.2. The number of pyridine rings is 2. The van der Waals surface area contributed by atoms with E-state index in [1.807, 2.05) is 37.3 Å². The van der Waals surface area contributed by atoms with E-state index in [-0.39, 0.29) is 30.5 Å². The van der Waals surface area contributed by atoms with Crippen molar-refractivity contribution in [2.24, 2.45) is 0 Å². The topological polar surface area (TPSA) is 79.0 Å². The van der Waals surface area contributed by atoms with Crippen LogP contribution in [0.1, 0.15) is 36.1 Å². The predicted octanol–water partition coefficient (Wildman–Crippen LogP) is 4.05. The van der Waals surface area contributed by atoms with Crippen molar-refractivity contribution in [3.63, 3.8) is 0 Å². The minimum atomic E-state index is -0.501. The highest BCUT2D eigenvalue weighted by Crippen LogP contribution is 2.34. The van der Waals surface area contributed by atoms with Crippen LogP contribution in [0.4, 0.5) is 0 Å². The molecule has 0 bridgehead atoms. The van der Waals surface area contributed by atoms with Crippen LogP contribution in [0.15, 0.2) is 59.9 Å². The molecule has 3 aromatic heterocycles. The first-order valence-electron chi connectivity index (χ1n) is 10.3. The molecule has 1 aliphatic rings. The van der Waals surface area contributed by atoms with Crippen LogP contribution in [0.3, 0.4) is 0 Å². The van der Waals surface area contributed by atoms with E-state index < -0.39 is 6.10 Å². The Bertz CT molecular complexity index is 1360. The van der Waals surface area contributed by atoms with Crippen molar-refractivity contribution in [3.05, 3.63) is 82.2 Å². The fourth-order valence-electron chi connectivity index (χ4n) is 4.22. The Labute approximate surface area is 191 Å². The molecule has 32 heavy (non-hydrogen) atoms. The summed E-state index contributed by atoms with van der Waals surface area (Å²) < 4.78 is 9.17. The van der Waals surface area contributed by atoms with Crippen molar-refractivity contribution in [2.75, 3.05) is 0 Å². The van der Waals surface area contributed by atoms with Crippen LogP contribution in [-0.4, -0.2) is 25.1 Å². The number of nitrogens with zero attached hydrogens (tertiary/aromatic N) is 4. The first kappa shape index (κ1) is 21.8. The van der Waals surface area contributed by atoms with Gasteiger partial charge in [0.1, 0.15) is 12.6 Å². The van der Waals surface area contributed by atoms with E-state index in [1.165, 1.54) is 0 Å². The van der Waals surface area contributed by atoms with E-state index in [0.29, 0.717) is 18.5 Å². The number of fused-ring (bicyclic) bond motifs is 4. The second-order valence-electron chi connectivity index (χ2n) is 7.81. The van der Waals surface area contributed by atoms with Gasteiger partial charge in [0.15, 0.2) is 0 Å². The normalized spacial score (nSPS) is 12.7. The van der Waals surface area contributed by atoms with E-state index >= 15 is 0 Å². The predicted molar refractivity (Wildman–Crippen MR) is 124 cm³/mol. The van der Waals surface area contributed by atoms with Crippen molar-refractivity contribution < 1.29 is 9.53 Å². The molecule has 164 valence electrons. The van der Waals surface area contributed by atoms with Crippen molar-refractivity contribution >= 4 is 29.3 Å². The van der Waals surface area contributed by atoms with Crippen molar-refractivity contribution in [3.8, 4) is 11.4 Å². The first-order chi connectivity index (χ1) is 15.0. The van der Waals surface area contributed by atoms with E-state index in [0.717, 1.165) is 33.4 Å². The average molecular weight is 451 g/mol. The van der Waals surface area contributed by atoms with Gasteiger partial charge < -0.3 is 13.9 Å². The van der Waals surface area contributed by atoms with Crippen molar-refractivity contribution in [2.45, 2.75) is 39.5 Å². The Hall–Kier alpha value is -3.45. The Morgan fingerprint density at radius 3 is 2.81 bits per heavy atom. The lowest BCUT2D eigenvalue weighted by Crippen LogP contribution is -2.25. The van der Waals surface area contributed by atoms with Crippen molar-refractivity contribution in [1.82, 2.24) is 19.1 Å². The van der Waals surface area contributed by atoms with Gasteiger partial charge in [-0.05, 0) is 31.5 Å². The molecule has 0 spiro atoms. The van der Waals surface area contributed by atoms with Gasteiger partial charge in [0.2, 0.25) is 0 Å². The molecular formula is C24H23ClN4O3. The molecule has 1 unspecified atom stereocenters. The van der Waals surface area contributed by atoms with Crippen LogP contribution in [0.2, 0.25) is 0 Å². The number of imidazole rings is 1. The molecule has 0 saturated carbocycles. The summed E-state index contributed by atoms with van der Waals surface area (Å²) in [7, 11) is 0. The quantitative estimate of drug-likeness (QED) is 0.377. The van der Waals surface area contributed by atoms with E-state index in [9.17, 15) is 9.59 Å². The highest BCUT2D eigenvalue weighted by atomic mass is 35.5. The van der Waals surface area contributed by atoms with Crippen LogP contribution in [-0.2, 0) is 22.6 Å². The molecule has 0 fully saturated rings. The molecule has 1 atom stereocenters. The standard InChI is InChI=1S/C24H22N4O3.ClH/c1-3-21(31-22(29)13-27-9-8-25-14-27)18-11-20-23-17(12-28(20)24(30)15(18)2)10-16-6-4-5-7-19(16)26-23;/h4-11,14,21H,3,12-13H2,1-2H3;1H. The molecule has 0 saturated heterocycles. The molecule has 0 radical (unpaired) electrons. The van der Waals surface area contributed by atoms with Crippen LogP contribution >= 0.6 is 12.4 Å². The van der Waals surface area contributed by atoms with Gasteiger partial charge in [-0.15, -0.1) is 12.4 Å². The molecule has 4 aromatic rings. The Balaban J connectivity index is 0.00000245. The smallest absolute Gasteiger partial charge is 0.326 e. The third-order valence-corrected chi connectivity index (χ3v) is 5.82. The van der Waals surface area contributed by atoms with Crippen LogP contribution in [0.5, 0.6) is 0 Å². The number of ether oxygens (including phenoxy) is 1. The second kappa shape index (κ2) is 8.59. The summed E-state index contributed by atoms with van der Waals surface area (Å²) in [6.45, 7) is 4.32. The lowest BCUT2D eigenvalue weighted by atomic mass is 10.0. The van der Waals surface area contributed by atoms with Gasteiger partial charge in [-0.3, -0.25) is 9.59 Å². The van der Waals surface area contributed by atoms with Crippen LogP contribution in [0.25, 0.3) is 22.3 Å². The molecule has 8 heteroatoms. The number of carbonyl (C=O) groups excluding carboxylic acids is 1. The molecule has 1 aromatic carbocycles. The zero-order valence-electron chi connectivity index (χ0n) is 17.8. The van der Waals surface area contributed by atoms with Gasteiger partial charge >= 0.3 is 5.97 Å². The van der Waals surface area contributed by atoms with Gasteiger partial charge in [0.25, 0.3) is 5.56 Å². The fraction of sp³-hybridized carbons (Fsp3) is 0.250. The summed E-state index contributed by atoms with van der Waals surface area (Å²) >= 11 is 0. The van der Waals surface area contributed by atoms with Crippen molar-refractivity contribution in [1.29, 1.82) is 0 Å². The van der Waals surface area contributed by atoms with E-state index in [1.54, 1.807) is 34.8 Å². The summed E-state index contributed by atoms with van der Waals surface area (Å²) in [5.41, 5.74) is 4.77. The van der Waals surface area contributed by atoms with Gasteiger partial charge in [-0.1, -0.05) is 25.1 Å². The molecule has 7 nitrogen and oxygen atoms in total. The van der Waals surface area contributed by atoms with Crippen LogP contribution in [0, 0.1) is 6.92 Å². The zero-order chi connectivity index (χ0) is 21.5. The summed E-state index contributed by atoms with van der Waals surface area (Å²) in [6.07, 6.45) is 4.96. The number of carbonyl (C=O) groups is 1. The third-order valence-electron chi connectivity index (χ3n) is 5.82. The molecule has 5 rings (SSSR count). The minimum Gasteiger partial charge on any atom is -0.456 e. The second-order valence-corrected chi connectivity index (χ2v) is 7.81. The molecule has 4 heterocycles. The van der Waals surface area contributed by atoms with Gasteiger partial charge in [0.05, 0.1) is 29.8 Å². The zero-order valence-corrected chi connectivity index (χ0v) is 18.6. The maximum Gasteiger partial charge on any atom is 0.326 e. The molecule has 0 N–H and O–H groups in total. The Morgan fingerprint density at radius 1 is 1.25 bits per heavy atom. The SMILES string of the molecule is CCC(OC(=O)Cn1ccnc1)c1cc2n(c(=O)c1C)Cc1cc3ccccc3nc1-2.Cl. The number of para-hydroxylation sites is 1. The number of hydrogen-bond donors (Lipinski definition) is 0. The number of rotatable bonds is 5. The number of halogens is 1. The maximum atomic E-state index is 13.2.